The van der Waals surface area contributed by atoms with Gasteiger partial charge in [-0.25, -0.2) is 0 Å². The Labute approximate surface area is 64.3 Å². The van der Waals surface area contributed by atoms with Gasteiger partial charge in [0.15, 0.2) is 0 Å². The number of anilines is 1. The van der Waals surface area contributed by atoms with Crippen LogP contribution >= 0.6 is 11.3 Å². The molecule has 0 spiro atoms. The lowest BCUT2D eigenvalue weighted by atomic mass is 10.3. The molecule has 0 aliphatic rings. The van der Waals surface area contributed by atoms with Crippen LogP contribution in [0.2, 0.25) is 0 Å². The van der Waals surface area contributed by atoms with Crippen LogP contribution < -0.4 is 5.73 Å². The van der Waals surface area contributed by atoms with E-state index in [1.165, 1.54) is 24.2 Å². The highest BCUT2D eigenvalue weighted by Gasteiger charge is 1.98. The Bertz CT molecular complexity index is 197. The van der Waals surface area contributed by atoms with E-state index in [1.54, 1.807) is 0 Å². The van der Waals surface area contributed by atoms with E-state index in [1.807, 2.05) is 0 Å². The number of hydrogen-bond acceptors (Lipinski definition) is 4. The zero-order valence-corrected chi connectivity index (χ0v) is 6.82. The third-order valence-electron chi connectivity index (χ3n) is 1.23. The van der Waals surface area contributed by atoms with E-state index >= 15 is 0 Å². The molecule has 4 heteroatoms. The standard InChI is InChI=1S/C6H11N3S/c1-2-3-4-5-8-9-6(7)10-5/h2-4H2,1H3,(H2,7,9). The van der Waals surface area contributed by atoms with Gasteiger partial charge in [-0.2, -0.15) is 0 Å². The molecule has 1 heterocycles. The number of unbranched alkanes of at least 4 members (excludes halogenated alkanes) is 1. The molecule has 0 radical (unpaired) electrons. The molecule has 2 N–H and O–H groups in total. The molecular weight excluding hydrogens is 146 g/mol. The molecule has 0 atom stereocenters. The highest BCUT2D eigenvalue weighted by molar-refractivity contribution is 7.15. The third kappa shape index (κ3) is 1.95. The minimum absolute atomic E-state index is 0.575. The average molecular weight is 157 g/mol. The molecule has 10 heavy (non-hydrogen) atoms. The number of rotatable bonds is 3. The average Bonchev–Trinajstić information content (AvgIpc) is 2.31. The van der Waals surface area contributed by atoms with Crippen molar-refractivity contribution in [3.8, 4) is 0 Å². The molecule has 0 aromatic carbocycles. The maximum atomic E-state index is 5.40. The summed E-state index contributed by atoms with van der Waals surface area (Å²) in [4.78, 5) is 0. The van der Waals surface area contributed by atoms with Gasteiger partial charge in [0.1, 0.15) is 5.01 Å². The Morgan fingerprint density at radius 1 is 1.50 bits per heavy atom. The van der Waals surface area contributed by atoms with Crippen molar-refractivity contribution in [3.05, 3.63) is 5.01 Å². The second-order valence-corrected chi connectivity index (χ2v) is 3.23. The van der Waals surface area contributed by atoms with Crippen molar-refractivity contribution in [2.24, 2.45) is 0 Å². The molecule has 0 amide bonds. The Balaban J connectivity index is 2.42. The molecule has 1 aromatic heterocycles. The molecule has 0 unspecified atom stereocenters. The molecule has 56 valence electrons. The monoisotopic (exact) mass is 157 g/mol. The Morgan fingerprint density at radius 2 is 2.30 bits per heavy atom. The van der Waals surface area contributed by atoms with E-state index in [4.69, 9.17) is 5.73 Å². The lowest BCUT2D eigenvalue weighted by Gasteiger charge is -1.87. The molecule has 0 saturated carbocycles. The third-order valence-corrected chi connectivity index (χ3v) is 2.04. The highest BCUT2D eigenvalue weighted by Crippen LogP contribution is 2.12. The minimum Gasteiger partial charge on any atom is -0.374 e. The van der Waals surface area contributed by atoms with Gasteiger partial charge in [-0.15, -0.1) is 10.2 Å². The summed E-state index contributed by atoms with van der Waals surface area (Å²) in [6, 6.07) is 0. The van der Waals surface area contributed by atoms with Crippen molar-refractivity contribution in [1.29, 1.82) is 0 Å². The molecule has 0 aliphatic carbocycles. The van der Waals surface area contributed by atoms with E-state index in [0.717, 1.165) is 11.4 Å². The summed E-state index contributed by atoms with van der Waals surface area (Å²) in [7, 11) is 0. The Hall–Kier alpha value is -0.640. The zero-order chi connectivity index (χ0) is 7.40. The summed E-state index contributed by atoms with van der Waals surface area (Å²) in [6.07, 6.45) is 3.39. The molecular formula is C6H11N3S. The maximum Gasteiger partial charge on any atom is 0.203 e. The predicted octanol–water partition coefficient (Wildman–Crippen LogP) is 1.46. The topological polar surface area (TPSA) is 51.8 Å². The number of aryl methyl sites for hydroxylation is 1. The number of hydrogen-bond donors (Lipinski definition) is 1. The van der Waals surface area contributed by atoms with Crippen LogP contribution in [-0.4, -0.2) is 10.2 Å². The summed E-state index contributed by atoms with van der Waals surface area (Å²) < 4.78 is 0. The van der Waals surface area contributed by atoms with Crippen molar-refractivity contribution >= 4 is 16.5 Å². The SMILES string of the molecule is CCCCc1nnc(N)s1. The van der Waals surface area contributed by atoms with E-state index in [0.29, 0.717) is 5.13 Å². The lowest BCUT2D eigenvalue weighted by Crippen LogP contribution is -1.82. The molecule has 0 saturated heterocycles. The highest BCUT2D eigenvalue weighted by atomic mass is 32.1. The lowest BCUT2D eigenvalue weighted by molar-refractivity contribution is 0.780. The zero-order valence-electron chi connectivity index (χ0n) is 6.00. The van der Waals surface area contributed by atoms with E-state index in [2.05, 4.69) is 17.1 Å². The quantitative estimate of drug-likeness (QED) is 0.722. The van der Waals surface area contributed by atoms with Crippen LogP contribution in [0, 0.1) is 0 Å². The van der Waals surface area contributed by atoms with Crippen molar-refractivity contribution in [1.82, 2.24) is 10.2 Å². The fourth-order valence-corrected chi connectivity index (χ4v) is 1.35. The van der Waals surface area contributed by atoms with Crippen LogP contribution in [0.15, 0.2) is 0 Å². The predicted molar refractivity (Wildman–Crippen MR) is 42.9 cm³/mol. The van der Waals surface area contributed by atoms with Crippen molar-refractivity contribution in [3.63, 3.8) is 0 Å². The molecule has 0 bridgehead atoms. The largest absolute Gasteiger partial charge is 0.374 e. The number of nitrogens with two attached hydrogens (primary N) is 1. The van der Waals surface area contributed by atoms with E-state index < -0.39 is 0 Å². The minimum atomic E-state index is 0.575. The van der Waals surface area contributed by atoms with Crippen LogP contribution in [-0.2, 0) is 6.42 Å². The van der Waals surface area contributed by atoms with Crippen LogP contribution in [0.4, 0.5) is 5.13 Å². The summed E-state index contributed by atoms with van der Waals surface area (Å²) in [6.45, 7) is 2.16. The first-order valence-corrected chi connectivity index (χ1v) is 4.22. The van der Waals surface area contributed by atoms with Crippen molar-refractivity contribution in [2.45, 2.75) is 26.2 Å². The maximum absolute atomic E-state index is 5.40. The van der Waals surface area contributed by atoms with Gasteiger partial charge >= 0.3 is 0 Å². The number of nitrogen functional groups attached to an aromatic ring is 1. The normalized spacial score (nSPS) is 10.1. The fourth-order valence-electron chi connectivity index (χ4n) is 0.696. The van der Waals surface area contributed by atoms with Crippen LogP contribution in [0.3, 0.4) is 0 Å². The van der Waals surface area contributed by atoms with Gasteiger partial charge in [0.05, 0.1) is 0 Å². The van der Waals surface area contributed by atoms with Gasteiger partial charge in [-0.05, 0) is 6.42 Å². The van der Waals surface area contributed by atoms with E-state index in [9.17, 15) is 0 Å². The van der Waals surface area contributed by atoms with Crippen LogP contribution in [0.5, 0.6) is 0 Å². The van der Waals surface area contributed by atoms with Gasteiger partial charge in [-0.1, -0.05) is 24.7 Å². The molecule has 1 rings (SSSR count). The smallest absolute Gasteiger partial charge is 0.203 e. The van der Waals surface area contributed by atoms with Crippen LogP contribution in [0.1, 0.15) is 24.8 Å². The summed E-state index contributed by atoms with van der Waals surface area (Å²) in [5.74, 6) is 0. The first-order valence-electron chi connectivity index (χ1n) is 3.40. The summed E-state index contributed by atoms with van der Waals surface area (Å²) >= 11 is 1.48. The first-order chi connectivity index (χ1) is 4.83. The number of nitrogens with zero attached hydrogens (tertiary/aromatic N) is 2. The van der Waals surface area contributed by atoms with Crippen LogP contribution in [0.25, 0.3) is 0 Å². The van der Waals surface area contributed by atoms with Gasteiger partial charge in [0, 0.05) is 6.42 Å². The van der Waals surface area contributed by atoms with Crippen molar-refractivity contribution < 1.29 is 0 Å². The molecule has 1 aromatic rings. The van der Waals surface area contributed by atoms with Gasteiger partial charge in [0.2, 0.25) is 5.13 Å². The van der Waals surface area contributed by atoms with Gasteiger partial charge in [0.25, 0.3) is 0 Å². The summed E-state index contributed by atoms with van der Waals surface area (Å²) in [5, 5.41) is 9.24. The van der Waals surface area contributed by atoms with Gasteiger partial charge < -0.3 is 5.73 Å². The second-order valence-electron chi connectivity index (χ2n) is 2.14. The fraction of sp³-hybridized carbons (Fsp3) is 0.667. The van der Waals surface area contributed by atoms with Crippen molar-refractivity contribution in [2.75, 3.05) is 5.73 Å². The number of aromatic nitrogens is 2. The Morgan fingerprint density at radius 3 is 2.80 bits per heavy atom. The Kier molecular flexibility index (Phi) is 2.62. The molecule has 3 nitrogen and oxygen atoms in total. The van der Waals surface area contributed by atoms with E-state index in [-0.39, 0.29) is 0 Å². The van der Waals surface area contributed by atoms with Gasteiger partial charge in [-0.3, -0.25) is 0 Å². The molecule has 0 aliphatic heterocycles. The first kappa shape index (κ1) is 7.47. The summed E-state index contributed by atoms with van der Waals surface area (Å²) in [5.41, 5.74) is 5.40. The second kappa shape index (κ2) is 3.51. The molecule has 0 fully saturated rings.